The molecular formula is C18H37NO3Si. The van der Waals surface area contributed by atoms with Crippen LogP contribution < -0.4 is 5.32 Å². The van der Waals surface area contributed by atoms with Crippen LogP contribution in [0.5, 0.6) is 0 Å². The van der Waals surface area contributed by atoms with Crippen molar-refractivity contribution in [3.8, 4) is 0 Å². The number of alkyl carbamates (subject to hydrolysis) is 1. The van der Waals surface area contributed by atoms with Gasteiger partial charge in [-0.15, -0.1) is 0 Å². The molecule has 1 amide bonds. The summed E-state index contributed by atoms with van der Waals surface area (Å²) in [5.74, 6) is 0. The van der Waals surface area contributed by atoms with Gasteiger partial charge < -0.3 is 14.5 Å². The van der Waals surface area contributed by atoms with Crippen LogP contribution in [0.2, 0.25) is 18.1 Å². The largest absolute Gasteiger partial charge is 0.444 e. The first-order valence-electron chi connectivity index (χ1n) is 8.52. The highest BCUT2D eigenvalue weighted by molar-refractivity contribution is 6.74. The van der Waals surface area contributed by atoms with Gasteiger partial charge in [-0.25, -0.2) is 4.79 Å². The molecule has 0 aliphatic carbocycles. The zero-order valence-electron chi connectivity index (χ0n) is 16.8. The van der Waals surface area contributed by atoms with E-state index in [1.54, 1.807) is 0 Å². The minimum Gasteiger partial charge on any atom is -0.444 e. The van der Waals surface area contributed by atoms with E-state index in [1.807, 2.05) is 27.7 Å². The molecule has 0 aromatic carbocycles. The second kappa shape index (κ2) is 8.33. The van der Waals surface area contributed by atoms with E-state index in [0.717, 1.165) is 12.0 Å². The van der Waals surface area contributed by atoms with E-state index in [0.29, 0.717) is 6.61 Å². The smallest absolute Gasteiger partial charge is 0.408 e. The summed E-state index contributed by atoms with van der Waals surface area (Å²) < 4.78 is 11.7. The lowest BCUT2D eigenvalue weighted by molar-refractivity contribution is 0.0495. The lowest BCUT2D eigenvalue weighted by Crippen LogP contribution is -2.47. The van der Waals surface area contributed by atoms with Crippen molar-refractivity contribution in [3.05, 3.63) is 11.6 Å². The average Bonchev–Trinajstić information content (AvgIpc) is 2.33. The standard InChI is InChI=1S/C18H37NO3Si/c1-11-14(12-2)15(19-16(20)22-17(3,4)5)13-21-23(9,10)18(6,7)8/h11,15H,12-13H2,1-10H3,(H,19,20). The van der Waals surface area contributed by atoms with Crippen molar-refractivity contribution in [1.82, 2.24) is 5.32 Å². The maximum Gasteiger partial charge on any atom is 0.408 e. The van der Waals surface area contributed by atoms with Crippen LogP contribution >= 0.6 is 0 Å². The van der Waals surface area contributed by atoms with Crippen molar-refractivity contribution in [2.24, 2.45) is 0 Å². The van der Waals surface area contributed by atoms with Crippen LogP contribution in [0.4, 0.5) is 4.79 Å². The van der Waals surface area contributed by atoms with Gasteiger partial charge >= 0.3 is 6.09 Å². The summed E-state index contributed by atoms with van der Waals surface area (Å²) in [5.41, 5.74) is 0.659. The van der Waals surface area contributed by atoms with Gasteiger partial charge in [-0.2, -0.15) is 0 Å². The third-order valence-corrected chi connectivity index (χ3v) is 8.84. The summed E-state index contributed by atoms with van der Waals surface area (Å²) in [6.45, 7) is 21.3. The van der Waals surface area contributed by atoms with E-state index >= 15 is 0 Å². The van der Waals surface area contributed by atoms with Crippen molar-refractivity contribution in [1.29, 1.82) is 0 Å². The van der Waals surface area contributed by atoms with Crippen LogP contribution in [-0.4, -0.2) is 32.7 Å². The Morgan fingerprint density at radius 1 is 1.17 bits per heavy atom. The van der Waals surface area contributed by atoms with Gasteiger partial charge in [-0.1, -0.05) is 39.3 Å². The fraction of sp³-hybridized carbons (Fsp3) is 0.833. The molecule has 23 heavy (non-hydrogen) atoms. The second-order valence-electron chi connectivity index (χ2n) is 8.49. The Bertz CT molecular complexity index is 417. The molecule has 0 heterocycles. The predicted molar refractivity (Wildman–Crippen MR) is 100 cm³/mol. The Morgan fingerprint density at radius 2 is 1.70 bits per heavy atom. The molecule has 0 rings (SSSR count). The van der Waals surface area contributed by atoms with Crippen LogP contribution in [0.3, 0.4) is 0 Å². The number of amides is 1. The molecule has 5 heteroatoms. The van der Waals surface area contributed by atoms with E-state index in [1.165, 1.54) is 0 Å². The molecule has 1 atom stereocenters. The van der Waals surface area contributed by atoms with Gasteiger partial charge in [0.25, 0.3) is 0 Å². The van der Waals surface area contributed by atoms with E-state index in [-0.39, 0.29) is 11.1 Å². The summed E-state index contributed by atoms with van der Waals surface area (Å²) in [4.78, 5) is 12.1. The highest BCUT2D eigenvalue weighted by Crippen LogP contribution is 2.36. The number of carbonyl (C=O) groups excluding carboxylic acids is 1. The highest BCUT2D eigenvalue weighted by atomic mass is 28.4. The van der Waals surface area contributed by atoms with Gasteiger partial charge in [0.2, 0.25) is 0 Å². The molecule has 0 aliphatic heterocycles. The second-order valence-corrected chi connectivity index (χ2v) is 13.3. The lowest BCUT2D eigenvalue weighted by Gasteiger charge is -2.37. The number of ether oxygens (including phenoxy) is 1. The molecule has 136 valence electrons. The quantitative estimate of drug-likeness (QED) is 0.529. The summed E-state index contributed by atoms with van der Waals surface area (Å²) in [6, 6.07) is -0.144. The molecular weight excluding hydrogens is 306 g/mol. The predicted octanol–water partition coefficient (Wildman–Crippen LogP) is 5.26. The number of hydrogen-bond donors (Lipinski definition) is 1. The van der Waals surface area contributed by atoms with Crippen molar-refractivity contribution in [3.63, 3.8) is 0 Å². The molecule has 0 saturated heterocycles. The van der Waals surface area contributed by atoms with Gasteiger partial charge in [-0.05, 0) is 52.2 Å². The Morgan fingerprint density at radius 3 is 2.04 bits per heavy atom. The fourth-order valence-electron chi connectivity index (χ4n) is 1.85. The van der Waals surface area contributed by atoms with Crippen LogP contribution in [0, 0.1) is 0 Å². The van der Waals surface area contributed by atoms with Crippen LogP contribution in [-0.2, 0) is 9.16 Å². The van der Waals surface area contributed by atoms with Gasteiger partial charge in [0.05, 0.1) is 12.6 Å². The van der Waals surface area contributed by atoms with Gasteiger partial charge in [0.15, 0.2) is 8.32 Å². The molecule has 0 spiro atoms. The maximum absolute atomic E-state index is 12.1. The van der Waals surface area contributed by atoms with E-state index in [2.05, 4.69) is 52.2 Å². The Hall–Kier alpha value is -0.813. The Balaban J connectivity index is 5.02. The zero-order chi connectivity index (χ0) is 18.5. The minimum absolute atomic E-state index is 0.144. The van der Waals surface area contributed by atoms with Crippen molar-refractivity contribution in [2.75, 3.05) is 6.61 Å². The maximum atomic E-state index is 12.1. The summed E-state index contributed by atoms with van der Waals surface area (Å²) in [6.07, 6.45) is 2.53. The number of allylic oxidation sites excluding steroid dienone is 1. The number of hydrogen-bond acceptors (Lipinski definition) is 3. The SMILES string of the molecule is CC=C(CC)C(CO[Si](C)(C)C(C)(C)C)NC(=O)OC(C)(C)C. The molecule has 0 fully saturated rings. The normalized spacial score (nSPS) is 15.3. The highest BCUT2D eigenvalue weighted by Gasteiger charge is 2.38. The van der Waals surface area contributed by atoms with Gasteiger partial charge in [0.1, 0.15) is 5.60 Å². The monoisotopic (exact) mass is 343 g/mol. The molecule has 4 nitrogen and oxygen atoms in total. The first-order valence-corrected chi connectivity index (χ1v) is 11.4. The first-order chi connectivity index (χ1) is 10.2. The fourth-order valence-corrected chi connectivity index (χ4v) is 2.87. The molecule has 0 aromatic heterocycles. The molecule has 0 bridgehead atoms. The average molecular weight is 344 g/mol. The molecule has 0 saturated carbocycles. The zero-order valence-corrected chi connectivity index (χ0v) is 17.8. The molecule has 0 aromatic rings. The third-order valence-electron chi connectivity index (χ3n) is 4.33. The van der Waals surface area contributed by atoms with E-state index in [4.69, 9.17) is 9.16 Å². The molecule has 0 radical (unpaired) electrons. The van der Waals surface area contributed by atoms with Crippen molar-refractivity contribution in [2.45, 2.75) is 91.6 Å². The first kappa shape index (κ1) is 22.2. The van der Waals surface area contributed by atoms with E-state index in [9.17, 15) is 4.79 Å². The Labute approximate surface area is 144 Å². The van der Waals surface area contributed by atoms with Gasteiger partial charge in [-0.3, -0.25) is 0 Å². The van der Waals surface area contributed by atoms with Crippen LogP contribution in [0.15, 0.2) is 11.6 Å². The number of carbonyl (C=O) groups is 1. The van der Waals surface area contributed by atoms with Gasteiger partial charge in [0, 0.05) is 0 Å². The van der Waals surface area contributed by atoms with Crippen LogP contribution in [0.25, 0.3) is 0 Å². The van der Waals surface area contributed by atoms with Crippen LogP contribution in [0.1, 0.15) is 61.8 Å². The minimum atomic E-state index is -1.86. The summed E-state index contributed by atoms with van der Waals surface area (Å²) >= 11 is 0. The number of rotatable bonds is 6. The Kier molecular flexibility index (Phi) is 8.04. The van der Waals surface area contributed by atoms with Crippen molar-refractivity contribution >= 4 is 14.4 Å². The third kappa shape index (κ3) is 8.02. The molecule has 1 unspecified atom stereocenters. The molecule has 1 N–H and O–H groups in total. The summed E-state index contributed by atoms with van der Waals surface area (Å²) in [7, 11) is -1.86. The topological polar surface area (TPSA) is 47.6 Å². The molecule has 0 aliphatic rings. The number of nitrogens with one attached hydrogen (secondary N) is 1. The van der Waals surface area contributed by atoms with Crippen molar-refractivity contribution < 1.29 is 14.0 Å². The lowest BCUT2D eigenvalue weighted by atomic mass is 10.1. The summed E-state index contributed by atoms with van der Waals surface area (Å²) in [5, 5.41) is 3.11. The van der Waals surface area contributed by atoms with E-state index < -0.39 is 20.0 Å².